The Morgan fingerprint density at radius 2 is 2.06 bits per heavy atom. The third kappa shape index (κ3) is 2.28. The summed E-state index contributed by atoms with van der Waals surface area (Å²) < 4.78 is 29.7. The van der Waals surface area contributed by atoms with Crippen LogP contribution in [-0.4, -0.2) is 27.5 Å². The molecule has 1 rings (SSSR count). The Balaban J connectivity index is 3.35. The smallest absolute Gasteiger partial charge is 0.310 e. The number of methoxy groups -OCH3 is 1. The van der Waals surface area contributed by atoms with Gasteiger partial charge in [0.25, 0.3) is 0 Å². The molecule has 0 aliphatic heterocycles. The van der Waals surface area contributed by atoms with E-state index in [0.29, 0.717) is 0 Å². The molecular weight excluding hydrogens is 236 g/mol. The standard InChI is InChI=1S/C8H10N2O5S/c1-9-16(13,14)6-3-4-7(10(11)12)8(5-6)15-2/h3-5,9H,1-2H3. The zero-order valence-corrected chi connectivity index (χ0v) is 9.45. The molecule has 0 aliphatic rings. The molecule has 0 heterocycles. The summed E-state index contributed by atoms with van der Waals surface area (Å²) >= 11 is 0. The molecule has 0 unspecified atom stereocenters. The third-order valence-corrected chi connectivity index (χ3v) is 3.34. The van der Waals surface area contributed by atoms with E-state index in [-0.39, 0.29) is 16.3 Å². The van der Waals surface area contributed by atoms with Crippen LogP contribution in [-0.2, 0) is 10.0 Å². The molecule has 16 heavy (non-hydrogen) atoms. The van der Waals surface area contributed by atoms with E-state index in [0.717, 1.165) is 18.2 Å². The SMILES string of the molecule is CNS(=O)(=O)c1ccc([N+](=O)[O-])c(OC)c1. The van der Waals surface area contributed by atoms with Crippen molar-refractivity contribution in [1.29, 1.82) is 0 Å². The van der Waals surface area contributed by atoms with Gasteiger partial charge in [-0.2, -0.15) is 0 Å². The molecule has 0 spiro atoms. The summed E-state index contributed by atoms with van der Waals surface area (Å²) in [6.45, 7) is 0. The average Bonchev–Trinajstić information content (AvgIpc) is 2.27. The second-order valence-corrected chi connectivity index (χ2v) is 4.68. The van der Waals surface area contributed by atoms with Gasteiger partial charge >= 0.3 is 5.69 Å². The van der Waals surface area contributed by atoms with Crippen LogP contribution in [0.1, 0.15) is 0 Å². The van der Waals surface area contributed by atoms with Crippen LogP contribution in [0.5, 0.6) is 5.75 Å². The lowest BCUT2D eigenvalue weighted by molar-refractivity contribution is -0.385. The van der Waals surface area contributed by atoms with Gasteiger partial charge in [-0.3, -0.25) is 10.1 Å². The lowest BCUT2D eigenvalue weighted by Crippen LogP contribution is -2.18. The Hall–Kier alpha value is -1.67. The Kier molecular flexibility index (Phi) is 3.45. The van der Waals surface area contributed by atoms with Crippen molar-refractivity contribution in [2.45, 2.75) is 4.90 Å². The number of nitro benzene ring substituents is 1. The van der Waals surface area contributed by atoms with E-state index in [2.05, 4.69) is 4.72 Å². The van der Waals surface area contributed by atoms with Crippen molar-refractivity contribution < 1.29 is 18.1 Å². The van der Waals surface area contributed by atoms with Gasteiger partial charge in [0, 0.05) is 12.1 Å². The topological polar surface area (TPSA) is 98.5 Å². The predicted molar refractivity (Wildman–Crippen MR) is 55.9 cm³/mol. The molecule has 0 radical (unpaired) electrons. The molecule has 0 amide bonds. The Morgan fingerprint density at radius 3 is 2.50 bits per heavy atom. The third-order valence-electron chi connectivity index (χ3n) is 1.93. The zero-order chi connectivity index (χ0) is 12.3. The number of benzene rings is 1. The molecule has 0 aliphatic carbocycles. The largest absolute Gasteiger partial charge is 0.490 e. The number of sulfonamides is 1. The number of rotatable bonds is 4. The van der Waals surface area contributed by atoms with Crippen molar-refractivity contribution in [3.05, 3.63) is 28.3 Å². The normalized spacial score (nSPS) is 11.1. The summed E-state index contributed by atoms with van der Waals surface area (Å²) in [4.78, 5) is 9.84. The average molecular weight is 246 g/mol. The highest BCUT2D eigenvalue weighted by Gasteiger charge is 2.19. The van der Waals surface area contributed by atoms with Crippen LogP contribution in [0.2, 0.25) is 0 Å². The first-order valence-electron chi connectivity index (χ1n) is 4.18. The first-order chi connectivity index (χ1) is 7.42. The minimum Gasteiger partial charge on any atom is -0.490 e. The van der Waals surface area contributed by atoms with Gasteiger partial charge < -0.3 is 4.74 Å². The van der Waals surface area contributed by atoms with E-state index >= 15 is 0 Å². The van der Waals surface area contributed by atoms with Crippen LogP contribution in [0.4, 0.5) is 5.69 Å². The molecule has 0 saturated carbocycles. The number of hydrogen-bond donors (Lipinski definition) is 1. The van der Waals surface area contributed by atoms with Crippen LogP contribution in [0, 0.1) is 10.1 Å². The molecule has 1 aromatic carbocycles. The fourth-order valence-corrected chi connectivity index (χ4v) is 1.84. The van der Waals surface area contributed by atoms with Crippen LogP contribution in [0.3, 0.4) is 0 Å². The first-order valence-corrected chi connectivity index (χ1v) is 5.66. The zero-order valence-electron chi connectivity index (χ0n) is 8.63. The number of nitro groups is 1. The first kappa shape index (κ1) is 12.4. The Morgan fingerprint density at radius 1 is 1.44 bits per heavy atom. The fourth-order valence-electron chi connectivity index (χ4n) is 1.09. The summed E-state index contributed by atoms with van der Waals surface area (Å²) in [6, 6.07) is 3.33. The molecule has 1 aromatic rings. The van der Waals surface area contributed by atoms with E-state index in [1.54, 1.807) is 0 Å². The van der Waals surface area contributed by atoms with Crippen molar-refractivity contribution in [2.75, 3.05) is 14.2 Å². The highest BCUT2D eigenvalue weighted by atomic mass is 32.2. The number of hydrogen-bond acceptors (Lipinski definition) is 5. The molecule has 0 atom stereocenters. The highest BCUT2D eigenvalue weighted by molar-refractivity contribution is 7.89. The molecule has 0 fully saturated rings. The van der Waals surface area contributed by atoms with E-state index in [1.807, 2.05) is 0 Å². The lowest BCUT2D eigenvalue weighted by Gasteiger charge is -2.05. The minimum absolute atomic E-state index is 0.0857. The van der Waals surface area contributed by atoms with Gasteiger partial charge in [-0.1, -0.05) is 0 Å². The van der Waals surface area contributed by atoms with Crippen molar-refractivity contribution in [1.82, 2.24) is 4.72 Å². The lowest BCUT2D eigenvalue weighted by atomic mass is 10.3. The number of nitrogens with zero attached hydrogens (tertiary/aromatic N) is 1. The molecular formula is C8H10N2O5S. The quantitative estimate of drug-likeness (QED) is 0.616. The summed E-state index contributed by atoms with van der Waals surface area (Å²) in [5.74, 6) is -0.0960. The minimum atomic E-state index is -3.63. The molecule has 7 nitrogen and oxygen atoms in total. The Bertz CT molecular complexity index is 511. The van der Waals surface area contributed by atoms with Crippen molar-refractivity contribution in [2.24, 2.45) is 0 Å². The number of ether oxygens (including phenoxy) is 1. The molecule has 8 heteroatoms. The van der Waals surface area contributed by atoms with Crippen LogP contribution in [0.25, 0.3) is 0 Å². The second kappa shape index (κ2) is 4.45. The molecule has 0 aromatic heterocycles. The monoisotopic (exact) mass is 246 g/mol. The van der Waals surface area contributed by atoms with Crippen molar-refractivity contribution >= 4 is 15.7 Å². The molecule has 0 saturated heterocycles. The van der Waals surface area contributed by atoms with Crippen molar-refractivity contribution in [3.8, 4) is 5.75 Å². The van der Waals surface area contributed by atoms with Crippen LogP contribution < -0.4 is 9.46 Å². The van der Waals surface area contributed by atoms with Gasteiger partial charge in [-0.25, -0.2) is 13.1 Å². The van der Waals surface area contributed by atoms with Crippen molar-refractivity contribution in [3.63, 3.8) is 0 Å². The second-order valence-electron chi connectivity index (χ2n) is 2.80. The van der Waals surface area contributed by atoms with Crippen LogP contribution >= 0.6 is 0 Å². The van der Waals surface area contributed by atoms with Gasteiger partial charge in [0.05, 0.1) is 16.9 Å². The molecule has 88 valence electrons. The maximum absolute atomic E-state index is 11.4. The van der Waals surface area contributed by atoms with Gasteiger partial charge in [-0.15, -0.1) is 0 Å². The fraction of sp³-hybridized carbons (Fsp3) is 0.250. The van der Waals surface area contributed by atoms with E-state index in [9.17, 15) is 18.5 Å². The van der Waals surface area contributed by atoms with E-state index < -0.39 is 14.9 Å². The summed E-state index contributed by atoms with van der Waals surface area (Å²) in [7, 11) is -1.14. The Labute approximate surface area is 92.2 Å². The maximum Gasteiger partial charge on any atom is 0.310 e. The summed E-state index contributed by atoms with van der Waals surface area (Å²) in [5.41, 5.74) is -0.280. The van der Waals surface area contributed by atoms with Gasteiger partial charge in [0.1, 0.15) is 0 Å². The van der Waals surface area contributed by atoms with E-state index in [4.69, 9.17) is 4.74 Å². The maximum atomic E-state index is 11.4. The molecule has 0 bridgehead atoms. The number of nitrogens with one attached hydrogen (secondary N) is 1. The predicted octanol–water partition coefficient (Wildman–Crippen LogP) is 0.511. The summed E-state index contributed by atoms with van der Waals surface area (Å²) in [5, 5.41) is 10.6. The van der Waals surface area contributed by atoms with Gasteiger partial charge in [0.2, 0.25) is 10.0 Å². The highest BCUT2D eigenvalue weighted by Crippen LogP contribution is 2.28. The van der Waals surface area contributed by atoms with E-state index in [1.165, 1.54) is 14.2 Å². The van der Waals surface area contributed by atoms with Gasteiger partial charge in [-0.05, 0) is 13.1 Å². The van der Waals surface area contributed by atoms with Crippen LogP contribution in [0.15, 0.2) is 23.1 Å². The summed E-state index contributed by atoms with van der Waals surface area (Å²) in [6.07, 6.45) is 0. The van der Waals surface area contributed by atoms with Gasteiger partial charge in [0.15, 0.2) is 5.75 Å². The molecule has 1 N–H and O–H groups in total.